The minimum Gasteiger partial charge on any atom is -0.492 e. The molecule has 5 heteroatoms. The van der Waals surface area contributed by atoms with Gasteiger partial charge in [0.15, 0.2) is 6.10 Å². The van der Waals surface area contributed by atoms with Crippen LogP contribution in [0.2, 0.25) is 0 Å². The molecule has 5 nitrogen and oxygen atoms in total. The number of carbonyl (C=O) groups excluding carboxylic acids is 2. The van der Waals surface area contributed by atoms with E-state index in [-0.39, 0.29) is 17.8 Å². The van der Waals surface area contributed by atoms with Crippen LogP contribution in [0.4, 0.5) is 5.69 Å². The Morgan fingerprint density at radius 3 is 2.33 bits per heavy atom. The highest BCUT2D eigenvalue weighted by molar-refractivity contribution is 5.96. The van der Waals surface area contributed by atoms with Crippen LogP contribution in [0, 0.1) is 29.6 Å². The lowest BCUT2D eigenvalue weighted by molar-refractivity contribution is -0.169. The molecule has 1 N–H and O–H groups in total. The van der Waals surface area contributed by atoms with Crippen LogP contribution >= 0.6 is 0 Å². The maximum Gasteiger partial charge on any atom is 0.310 e. The van der Waals surface area contributed by atoms with Crippen LogP contribution in [-0.4, -0.2) is 24.6 Å². The Morgan fingerprint density at radius 1 is 1.07 bits per heavy atom. The van der Waals surface area contributed by atoms with Crippen LogP contribution < -0.4 is 10.1 Å². The molecule has 0 saturated heterocycles. The smallest absolute Gasteiger partial charge is 0.310 e. The van der Waals surface area contributed by atoms with Crippen LogP contribution in [0.15, 0.2) is 24.3 Å². The fourth-order valence-corrected chi connectivity index (χ4v) is 5.70. The third kappa shape index (κ3) is 3.69. The summed E-state index contributed by atoms with van der Waals surface area (Å²) in [7, 11) is 0. The third-order valence-electron chi connectivity index (χ3n) is 6.61. The normalized spacial score (nSPS) is 32.0. The topological polar surface area (TPSA) is 64.6 Å². The van der Waals surface area contributed by atoms with E-state index in [0.29, 0.717) is 29.9 Å². The van der Waals surface area contributed by atoms with Gasteiger partial charge in [0.2, 0.25) is 0 Å². The van der Waals surface area contributed by atoms with Crippen molar-refractivity contribution in [3.8, 4) is 5.75 Å². The van der Waals surface area contributed by atoms with Crippen molar-refractivity contribution in [1.82, 2.24) is 0 Å². The first-order chi connectivity index (χ1) is 13.0. The van der Waals surface area contributed by atoms with E-state index in [9.17, 15) is 9.59 Å². The van der Waals surface area contributed by atoms with Gasteiger partial charge in [-0.05, 0) is 81.8 Å². The minimum absolute atomic E-state index is 0.0104. The van der Waals surface area contributed by atoms with Gasteiger partial charge in [-0.15, -0.1) is 0 Å². The van der Waals surface area contributed by atoms with Crippen LogP contribution in [0.3, 0.4) is 0 Å². The molecule has 1 aromatic carbocycles. The molecule has 5 rings (SSSR count). The van der Waals surface area contributed by atoms with Crippen molar-refractivity contribution in [3.05, 3.63) is 24.3 Å². The number of esters is 1. The predicted octanol–water partition coefficient (Wildman–Crippen LogP) is 4.03. The van der Waals surface area contributed by atoms with Gasteiger partial charge in [-0.3, -0.25) is 9.59 Å². The molecule has 27 heavy (non-hydrogen) atoms. The summed E-state index contributed by atoms with van der Waals surface area (Å²) in [5.41, 5.74) is 0.599. The Labute approximate surface area is 160 Å². The van der Waals surface area contributed by atoms with E-state index in [1.54, 1.807) is 13.0 Å². The highest BCUT2D eigenvalue weighted by Crippen LogP contribution is 2.56. The largest absolute Gasteiger partial charge is 0.492 e. The zero-order valence-corrected chi connectivity index (χ0v) is 16.1. The molecule has 4 bridgehead atoms. The summed E-state index contributed by atoms with van der Waals surface area (Å²) in [6.45, 7) is 4.06. The molecule has 4 aliphatic rings. The van der Waals surface area contributed by atoms with Crippen molar-refractivity contribution in [2.75, 3.05) is 11.9 Å². The van der Waals surface area contributed by atoms with Crippen LogP contribution in [0.1, 0.15) is 46.0 Å². The van der Waals surface area contributed by atoms with E-state index in [0.717, 1.165) is 37.5 Å². The maximum atomic E-state index is 12.8. The molecule has 1 amide bonds. The van der Waals surface area contributed by atoms with Crippen LogP contribution in [0.5, 0.6) is 5.75 Å². The molecule has 0 radical (unpaired) electrons. The molecule has 0 spiro atoms. The number of amides is 1. The first kappa shape index (κ1) is 18.3. The number of carbonyl (C=O) groups is 2. The highest BCUT2D eigenvalue weighted by atomic mass is 16.5. The Balaban J connectivity index is 1.37. The van der Waals surface area contributed by atoms with E-state index >= 15 is 0 Å². The quantitative estimate of drug-likeness (QED) is 0.767. The summed E-state index contributed by atoms with van der Waals surface area (Å²) in [5, 5.41) is 2.83. The summed E-state index contributed by atoms with van der Waals surface area (Å²) in [6, 6.07) is 7.29. The van der Waals surface area contributed by atoms with Crippen molar-refractivity contribution in [1.29, 1.82) is 0 Å². The van der Waals surface area contributed by atoms with Crippen LogP contribution in [-0.2, 0) is 14.3 Å². The molecule has 0 aliphatic heterocycles. The summed E-state index contributed by atoms with van der Waals surface area (Å²) in [5.74, 6) is 2.66. The molecule has 1 atom stereocenters. The first-order valence-electron chi connectivity index (χ1n) is 10.3. The maximum absolute atomic E-state index is 12.8. The zero-order valence-electron chi connectivity index (χ0n) is 16.1. The molecule has 146 valence electrons. The van der Waals surface area contributed by atoms with E-state index < -0.39 is 6.10 Å². The van der Waals surface area contributed by atoms with E-state index in [2.05, 4.69) is 5.32 Å². The SMILES string of the molecule is CCOc1ccccc1NC(=O)C(C)OC(=O)C1C2CC3CC(C2)CC1C3. The van der Waals surface area contributed by atoms with Crippen molar-refractivity contribution >= 4 is 17.6 Å². The summed E-state index contributed by atoms with van der Waals surface area (Å²) in [4.78, 5) is 25.4. The van der Waals surface area contributed by atoms with Crippen molar-refractivity contribution in [2.45, 2.75) is 52.1 Å². The van der Waals surface area contributed by atoms with Crippen molar-refractivity contribution in [2.24, 2.45) is 29.6 Å². The fraction of sp³-hybridized carbons (Fsp3) is 0.636. The Bertz CT molecular complexity index is 688. The second-order valence-electron chi connectivity index (χ2n) is 8.45. The molecular weight excluding hydrogens is 342 g/mol. The molecule has 1 aromatic rings. The molecule has 0 heterocycles. The number of ether oxygens (including phenoxy) is 2. The molecule has 1 unspecified atom stereocenters. The predicted molar refractivity (Wildman–Crippen MR) is 102 cm³/mol. The molecular formula is C22H29NO4. The van der Waals surface area contributed by atoms with Gasteiger partial charge < -0.3 is 14.8 Å². The van der Waals surface area contributed by atoms with Gasteiger partial charge in [-0.25, -0.2) is 0 Å². The lowest BCUT2D eigenvalue weighted by Crippen LogP contribution is -2.49. The fourth-order valence-electron chi connectivity index (χ4n) is 5.70. The molecule has 4 aliphatic carbocycles. The second-order valence-corrected chi connectivity index (χ2v) is 8.45. The summed E-state index contributed by atoms with van der Waals surface area (Å²) in [6.07, 6.45) is 5.19. The van der Waals surface area contributed by atoms with Gasteiger partial charge in [0, 0.05) is 0 Å². The number of rotatable bonds is 6. The lowest BCUT2D eigenvalue weighted by atomic mass is 9.52. The molecule has 4 saturated carbocycles. The number of nitrogens with one attached hydrogen (secondary N) is 1. The van der Waals surface area contributed by atoms with E-state index in [4.69, 9.17) is 9.47 Å². The summed E-state index contributed by atoms with van der Waals surface area (Å²) >= 11 is 0. The number of hydrogen-bond acceptors (Lipinski definition) is 4. The lowest BCUT2D eigenvalue weighted by Gasteiger charge is -2.53. The number of hydrogen-bond donors (Lipinski definition) is 1. The molecule has 0 aromatic heterocycles. The third-order valence-corrected chi connectivity index (χ3v) is 6.61. The van der Waals surface area contributed by atoms with Crippen LogP contribution in [0.25, 0.3) is 0 Å². The monoisotopic (exact) mass is 371 g/mol. The van der Waals surface area contributed by atoms with Gasteiger partial charge in [-0.1, -0.05) is 12.1 Å². The Morgan fingerprint density at radius 2 is 1.70 bits per heavy atom. The van der Waals surface area contributed by atoms with E-state index in [1.165, 1.54) is 6.42 Å². The second kappa shape index (κ2) is 7.53. The first-order valence-corrected chi connectivity index (χ1v) is 10.3. The minimum atomic E-state index is -0.815. The zero-order chi connectivity index (χ0) is 19.0. The van der Waals surface area contributed by atoms with E-state index in [1.807, 2.05) is 25.1 Å². The Kier molecular flexibility index (Phi) is 5.11. The van der Waals surface area contributed by atoms with Crippen molar-refractivity contribution < 1.29 is 19.1 Å². The summed E-state index contributed by atoms with van der Waals surface area (Å²) < 4.78 is 11.2. The number of para-hydroxylation sites is 2. The van der Waals surface area contributed by atoms with Crippen molar-refractivity contribution in [3.63, 3.8) is 0 Å². The van der Waals surface area contributed by atoms with Gasteiger partial charge in [-0.2, -0.15) is 0 Å². The van der Waals surface area contributed by atoms with Gasteiger partial charge in [0.05, 0.1) is 18.2 Å². The number of benzene rings is 1. The Hall–Kier alpha value is -2.04. The average Bonchev–Trinajstić information content (AvgIpc) is 2.62. The van der Waals surface area contributed by atoms with Gasteiger partial charge in [0.1, 0.15) is 5.75 Å². The van der Waals surface area contributed by atoms with Gasteiger partial charge >= 0.3 is 5.97 Å². The van der Waals surface area contributed by atoms with Gasteiger partial charge in [0.25, 0.3) is 5.91 Å². The molecule has 4 fully saturated rings. The highest BCUT2D eigenvalue weighted by Gasteiger charge is 2.51. The number of anilines is 1. The standard InChI is InChI=1S/C22H29NO4/c1-3-26-19-7-5-4-6-18(19)23-21(24)13(2)27-22(25)20-16-9-14-8-15(11-16)12-17(20)10-14/h4-7,13-17,20H,3,8-12H2,1-2H3,(H,23,24). The average molecular weight is 371 g/mol.